The highest BCUT2D eigenvalue weighted by Crippen LogP contribution is 2.35. The molecule has 0 radical (unpaired) electrons. The van der Waals surface area contributed by atoms with Gasteiger partial charge in [-0.25, -0.2) is 4.98 Å². The van der Waals surface area contributed by atoms with Gasteiger partial charge in [-0.2, -0.15) is 0 Å². The van der Waals surface area contributed by atoms with Crippen molar-refractivity contribution in [1.82, 2.24) is 9.55 Å². The van der Waals surface area contributed by atoms with E-state index in [9.17, 15) is 9.90 Å². The van der Waals surface area contributed by atoms with Crippen molar-refractivity contribution in [3.8, 4) is 0 Å². The van der Waals surface area contributed by atoms with E-state index in [-0.39, 0.29) is 5.56 Å². The molecule has 6 nitrogen and oxygen atoms in total. The minimum absolute atomic E-state index is 0.108. The number of quaternary nitrogens is 1. The Bertz CT molecular complexity index is 858. The van der Waals surface area contributed by atoms with Gasteiger partial charge in [0, 0.05) is 17.2 Å². The van der Waals surface area contributed by atoms with Crippen molar-refractivity contribution in [1.29, 1.82) is 0 Å². The van der Waals surface area contributed by atoms with Gasteiger partial charge in [0.25, 0.3) is 5.56 Å². The summed E-state index contributed by atoms with van der Waals surface area (Å²) in [6.07, 6.45) is 3.72. The summed E-state index contributed by atoms with van der Waals surface area (Å²) in [6, 6.07) is 0. The Balaban J connectivity index is 1.53. The molecule has 0 amide bonds. The van der Waals surface area contributed by atoms with Crippen molar-refractivity contribution in [2.75, 3.05) is 38.6 Å². The van der Waals surface area contributed by atoms with E-state index in [2.05, 4.69) is 6.92 Å². The summed E-state index contributed by atoms with van der Waals surface area (Å²) in [6.45, 7) is 6.93. The number of thioether (sulfide) groups is 1. The van der Waals surface area contributed by atoms with Crippen LogP contribution in [0, 0.1) is 0 Å². The van der Waals surface area contributed by atoms with Crippen LogP contribution in [0.3, 0.4) is 0 Å². The minimum atomic E-state index is -0.404. The van der Waals surface area contributed by atoms with Gasteiger partial charge in [0.1, 0.15) is 30.6 Å². The quantitative estimate of drug-likeness (QED) is 0.520. The number of hydrogen-bond acceptors (Lipinski definition) is 6. The lowest BCUT2D eigenvalue weighted by Gasteiger charge is -2.25. The van der Waals surface area contributed by atoms with E-state index >= 15 is 0 Å². The molecule has 0 aromatic carbocycles. The van der Waals surface area contributed by atoms with E-state index in [1.165, 1.54) is 27.1 Å². The van der Waals surface area contributed by atoms with Crippen molar-refractivity contribution in [2.24, 2.45) is 0 Å². The van der Waals surface area contributed by atoms with E-state index in [0.717, 1.165) is 73.9 Å². The van der Waals surface area contributed by atoms with Crippen LogP contribution in [-0.2, 0) is 24.1 Å². The van der Waals surface area contributed by atoms with Crippen LogP contribution in [0.25, 0.3) is 10.2 Å². The molecule has 0 unspecified atom stereocenters. The second-order valence-corrected chi connectivity index (χ2v) is 9.49. The van der Waals surface area contributed by atoms with Crippen LogP contribution >= 0.6 is 23.1 Å². The van der Waals surface area contributed by atoms with Crippen molar-refractivity contribution in [3.63, 3.8) is 0 Å². The number of aromatic nitrogens is 2. The fourth-order valence-corrected chi connectivity index (χ4v) is 6.27. The minimum Gasteiger partial charge on any atom is -0.386 e. The average molecular weight is 411 g/mol. The predicted octanol–water partition coefficient (Wildman–Crippen LogP) is 0.725. The first-order valence-corrected chi connectivity index (χ1v) is 11.7. The molecule has 1 fully saturated rings. The van der Waals surface area contributed by atoms with Gasteiger partial charge in [0.2, 0.25) is 0 Å². The van der Waals surface area contributed by atoms with Crippen LogP contribution in [-0.4, -0.2) is 59.4 Å². The first-order valence-electron chi connectivity index (χ1n) is 9.94. The number of aliphatic hydroxyl groups is 1. The Kier molecular flexibility index (Phi) is 6.18. The van der Waals surface area contributed by atoms with Crippen LogP contribution in [0.15, 0.2) is 9.95 Å². The number of hydrogen-bond donors (Lipinski definition) is 2. The van der Waals surface area contributed by atoms with Crippen LogP contribution in [0.4, 0.5) is 0 Å². The molecule has 0 saturated carbocycles. The molecule has 2 aliphatic rings. The van der Waals surface area contributed by atoms with Gasteiger partial charge in [-0.15, -0.1) is 11.3 Å². The van der Waals surface area contributed by atoms with Crippen molar-refractivity contribution in [3.05, 3.63) is 20.8 Å². The molecule has 148 valence electrons. The third-order valence-corrected chi connectivity index (χ3v) is 7.67. The highest BCUT2D eigenvalue weighted by molar-refractivity contribution is 7.99. The van der Waals surface area contributed by atoms with Crippen molar-refractivity contribution >= 4 is 33.3 Å². The Labute approximate surface area is 167 Å². The summed E-state index contributed by atoms with van der Waals surface area (Å²) in [5, 5.41) is 12.1. The Morgan fingerprint density at radius 2 is 2.19 bits per heavy atom. The third kappa shape index (κ3) is 4.10. The van der Waals surface area contributed by atoms with Crippen LogP contribution in [0.2, 0.25) is 0 Å². The number of thiophene rings is 1. The smallest absolute Gasteiger partial charge is 0.263 e. The number of fused-ring (bicyclic) bond motifs is 3. The summed E-state index contributed by atoms with van der Waals surface area (Å²) in [4.78, 5) is 21.6. The molecule has 4 rings (SSSR count). The Morgan fingerprint density at radius 1 is 1.37 bits per heavy atom. The number of nitrogens with one attached hydrogen (secondary N) is 1. The van der Waals surface area contributed by atoms with Gasteiger partial charge in [-0.05, 0) is 31.2 Å². The molecule has 1 aliphatic heterocycles. The van der Waals surface area contributed by atoms with Crippen LogP contribution in [0.1, 0.15) is 30.2 Å². The van der Waals surface area contributed by atoms with Crippen LogP contribution < -0.4 is 10.5 Å². The monoisotopic (exact) mass is 410 g/mol. The molecule has 1 atom stereocenters. The maximum atomic E-state index is 13.2. The molecular weight excluding hydrogens is 382 g/mol. The molecule has 0 spiro atoms. The standard InChI is InChI=1S/C19H27N3O3S2/c1-2-6-22-18(24)16-14-4-3-5-15(14)27-17(16)20-19(22)26-12-13(23)11-21-7-9-25-10-8-21/h13,23H,2-12H2,1H3/p+1/t13-/m1/s1. The lowest BCUT2D eigenvalue weighted by molar-refractivity contribution is -0.910. The largest absolute Gasteiger partial charge is 0.386 e. The maximum Gasteiger partial charge on any atom is 0.263 e. The second kappa shape index (κ2) is 8.61. The van der Waals surface area contributed by atoms with Gasteiger partial charge < -0.3 is 14.7 Å². The van der Waals surface area contributed by atoms with E-state index in [1.54, 1.807) is 11.3 Å². The van der Waals surface area contributed by atoms with Crippen LogP contribution in [0.5, 0.6) is 0 Å². The van der Waals surface area contributed by atoms with E-state index in [1.807, 2.05) is 4.57 Å². The molecule has 0 bridgehead atoms. The fraction of sp³-hybridized carbons (Fsp3) is 0.684. The molecular formula is C19H28N3O3S2+. The topological polar surface area (TPSA) is 68.8 Å². The normalized spacial score (nSPS) is 18.9. The van der Waals surface area contributed by atoms with Gasteiger partial charge in [0.05, 0.1) is 18.6 Å². The molecule has 2 aromatic rings. The fourth-order valence-electron chi connectivity index (χ4n) is 4.02. The molecule has 27 heavy (non-hydrogen) atoms. The summed E-state index contributed by atoms with van der Waals surface area (Å²) in [5.74, 6) is 0.567. The van der Waals surface area contributed by atoms with Gasteiger partial charge >= 0.3 is 0 Å². The summed E-state index contributed by atoms with van der Waals surface area (Å²) >= 11 is 3.20. The zero-order valence-electron chi connectivity index (χ0n) is 15.8. The number of rotatable bonds is 7. The Hall–Kier alpha value is -0.930. The molecule has 1 saturated heterocycles. The summed E-state index contributed by atoms with van der Waals surface area (Å²) in [7, 11) is 0. The first-order chi connectivity index (χ1) is 13.2. The average Bonchev–Trinajstić information content (AvgIpc) is 3.24. The molecule has 3 heterocycles. The van der Waals surface area contributed by atoms with E-state index in [0.29, 0.717) is 12.3 Å². The lowest BCUT2D eigenvalue weighted by atomic mass is 10.2. The third-order valence-electron chi connectivity index (χ3n) is 5.37. The second-order valence-electron chi connectivity index (χ2n) is 7.42. The molecule has 2 aromatic heterocycles. The Morgan fingerprint density at radius 3 is 2.96 bits per heavy atom. The molecule has 1 aliphatic carbocycles. The number of ether oxygens (including phenoxy) is 1. The first kappa shape index (κ1) is 19.4. The summed E-state index contributed by atoms with van der Waals surface area (Å²) in [5.41, 5.74) is 1.35. The number of nitrogens with zero attached hydrogens (tertiary/aromatic N) is 2. The number of morpholine rings is 1. The summed E-state index contributed by atoms with van der Waals surface area (Å²) < 4.78 is 7.20. The maximum absolute atomic E-state index is 13.2. The SMILES string of the molecule is CCCn1c(SC[C@H](O)C[NH+]2CCOCC2)nc2sc3c(c2c1=O)CCC3. The van der Waals surface area contributed by atoms with E-state index < -0.39 is 6.10 Å². The van der Waals surface area contributed by atoms with Crippen molar-refractivity contribution in [2.45, 2.75) is 50.4 Å². The molecule has 2 N–H and O–H groups in total. The van der Waals surface area contributed by atoms with Gasteiger partial charge in [-0.3, -0.25) is 9.36 Å². The highest BCUT2D eigenvalue weighted by atomic mass is 32.2. The highest BCUT2D eigenvalue weighted by Gasteiger charge is 2.24. The lowest BCUT2D eigenvalue weighted by Crippen LogP contribution is -3.15. The van der Waals surface area contributed by atoms with Gasteiger partial charge in [0.15, 0.2) is 5.16 Å². The number of aryl methyl sites for hydroxylation is 2. The zero-order valence-corrected chi connectivity index (χ0v) is 17.5. The number of aliphatic hydroxyl groups excluding tert-OH is 1. The van der Waals surface area contributed by atoms with E-state index in [4.69, 9.17) is 9.72 Å². The van der Waals surface area contributed by atoms with Crippen molar-refractivity contribution < 1.29 is 14.7 Å². The van der Waals surface area contributed by atoms with Gasteiger partial charge in [-0.1, -0.05) is 18.7 Å². The predicted molar refractivity (Wildman–Crippen MR) is 109 cm³/mol. The molecule has 8 heteroatoms. The zero-order chi connectivity index (χ0) is 18.8.